The van der Waals surface area contributed by atoms with Gasteiger partial charge in [-0.05, 0) is 17.7 Å². The summed E-state index contributed by atoms with van der Waals surface area (Å²) < 4.78 is 5.04. The Bertz CT molecular complexity index is 576. The maximum absolute atomic E-state index is 11.5. The number of benzene rings is 1. The second-order valence-electron chi connectivity index (χ2n) is 3.66. The summed E-state index contributed by atoms with van der Waals surface area (Å²) in [6.45, 7) is 0.188. The summed E-state index contributed by atoms with van der Waals surface area (Å²) in [4.78, 5) is 15.4. The Kier molecular flexibility index (Phi) is 4.60. The number of hydrogen-bond acceptors (Lipinski definition) is 3. The highest BCUT2D eigenvalue weighted by atomic mass is 35.5. The molecule has 0 spiro atoms. The van der Waals surface area contributed by atoms with Crippen molar-refractivity contribution in [3.8, 4) is 0 Å². The summed E-state index contributed by atoms with van der Waals surface area (Å²) in [5, 5.41) is 2.92. The molecule has 1 heterocycles. The van der Waals surface area contributed by atoms with E-state index in [4.69, 9.17) is 27.9 Å². The number of aromatic nitrogens is 1. The Morgan fingerprint density at radius 3 is 2.58 bits per heavy atom. The first-order valence-electron chi connectivity index (χ1n) is 5.45. The van der Waals surface area contributed by atoms with E-state index in [1.165, 1.54) is 6.07 Å². The van der Waals surface area contributed by atoms with Crippen molar-refractivity contribution < 1.29 is 9.53 Å². The van der Waals surface area contributed by atoms with Gasteiger partial charge in [-0.15, -0.1) is 0 Å². The summed E-state index contributed by atoms with van der Waals surface area (Å²) in [5.74, 6) is 0.285. The van der Waals surface area contributed by atoms with E-state index in [1.807, 2.05) is 30.3 Å². The molecule has 0 atom stereocenters. The Balaban J connectivity index is 1.89. The molecule has 1 aromatic carbocycles. The Hall–Kier alpha value is -1.78. The van der Waals surface area contributed by atoms with Gasteiger partial charge < -0.3 is 4.74 Å². The molecule has 1 amide bonds. The van der Waals surface area contributed by atoms with Crippen LogP contribution in [0, 0.1) is 0 Å². The predicted octanol–water partition coefficient (Wildman–Crippen LogP) is 4.14. The van der Waals surface area contributed by atoms with Crippen LogP contribution in [0.4, 0.5) is 10.6 Å². The summed E-state index contributed by atoms with van der Waals surface area (Å²) in [6, 6.07) is 12.5. The van der Waals surface area contributed by atoms with Crippen LogP contribution in [0.15, 0.2) is 42.5 Å². The fraction of sp³-hybridized carbons (Fsp3) is 0.0769. The first-order valence-corrected chi connectivity index (χ1v) is 6.20. The van der Waals surface area contributed by atoms with Crippen LogP contribution >= 0.6 is 23.2 Å². The number of carbonyl (C=O) groups is 1. The lowest BCUT2D eigenvalue weighted by atomic mass is 10.2. The van der Waals surface area contributed by atoms with Crippen LogP contribution in [-0.4, -0.2) is 11.1 Å². The molecule has 4 nitrogen and oxygen atoms in total. The van der Waals surface area contributed by atoms with Crippen molar-refractivity contribution in [3.05, 3.63) is 58.2 Å². The maximum Gasteiger partial charge on any atom is 0.413 e. The average molecular weight is 297 g/mol. The second kappa shape index (κ2) is 6.41. The maximum atomic E-state index is 11.5. The zero-order chi connectivity index (χ0) is 13.7. The molecule has 1 N–H and O–H groups in total. The quantitative estimate of drug-likeness (QED) is 0.866. The van der Waals surface area contributed by atoms with Gasteiger partial charge in [0.1, 0.15) is 17.6 Å². The minimum absolute atomic E-state index is 0.127. The highest BCUT2D eigenvalue weighted by molar-refractivity contribution is 6.41. The molecule has 0 fully saturated rings. The van der Waals surface area contributed by atoms with Gasteiger partial charge in [0.25, 0.3) is 0 Å². The molecule has 2 aromatic rings. The average Bonchev–Trinajstić information content (AvgIpc) is 2.42. The normalized spacial score (nSPS) is 10.0. The van der Waals surface area contributed by atoms with Gasteiger partial charge in [-0.25, -0.2) is 9.78 Å². The van der Waals surface area contributed by atoms with Gasteiger partial charge in [0.2, 0.25) is 0 Å². The number of hydrogen-bond donors (Lipinski definition) is 1. The second-order valence-corrected chi connectivity index (χ2v) is 4.42. The smallest absolute Gasteiger partial charge is 0.413 e. The van der Waals surface area contributed by atoms with Gasteiger partial charge >= 0.3 is 6.09 Å². The molecule has 0 aliphatic carbocycles. The van der Waals surface area contributed by atoms with Crippen molar-refractivity contribution in [2.45, 2.75) is 6.61 Å². The Morgan fingerprint density at radius 2 is 1.89 bits per heavy atom. The minimum atomic E-state index is -0.602. The summed E-state index contributed by atoms with van der Waals surface area (Å²) in [7, 11) is 0. The molecule has 1 aromatic heterocycles. The number of ether oxygens (including phenoxy) is 1. The lowest BCUT2D eigenvalue weighted by Gasteiger charge is -2.07. The molecule has 0 radical (unpaired) electrons. The van der Waals surface area contributed by atoms with Crippen molar-refractivity contribution in [2.75, 3.05) is 5.32 Å². The topological polar surface area (TPSA) is 51.2 Å². The molecular weight excluding hydrogens is 287 g/mol. The molecule has 19 heavy (non-hydrogen) atoms. The van der Waals surface area contributed by atoms with Gasteiger partial charge in [-0.1, -0.05) is 53.5 Å². The fourth-order valence-electron chi connectivity index (χ4n) is 1.35. The van der Waals surface area contributed by atoms with E-state index >= 15 is 0 Å². The summed E-state index contributed by atoms with van der Waals surface area (Å²) in [6.07, 6.45) is -0.602. The molecule has 6 heteroatoms. The van der Waals surface area contributed by atoms with Crippen LogP contribution < -0.4 is 5.32 Å². The van der Waals surface area contributed by atoms with Gasteiger partial charge in [-0.2, -0.15) is 0 Å². The lowest BCUT2D eigenvalue weighted by Crippen LogP contribution is -2.14. The molecule has 2 rings (SSSR count). The van der Waals surface area contributed by atoms with E-state index in [9.17, 15) is 4.79 Å². The first-order chi connectivity index (χ1) is 9.15. The standard InChI is InChI=1S/C13H10Cl2N2O2/c14-10-6-7-11(16-12(10)15)17-13(18)19-8-9-4-2-1-3-5-9/h1-7H,8H2,(H,16,17,18). The van der Waals surface area contributed by atoms with Gasteiger partial charge in [0.05, 0.1) is 5.02 Å². The summed E-state index contributed by atoms with van der Waals surface area (Å²) >= 11 is 11.5. The number of halogens is 2. The first kappa shape index (κ1) is 13.6. The number of rotatable bonds is 3. The largest absolute Gasteiger partial charge is 0.444 e. The van der Waals surface area contributed by atoms with Gasteiger partial charge in [0.15, 0.2) is 0 Å². The van der Waals surface area contributed by atoms with E-state index in [2.05, 4.69) is 10.3 Å². The molecule has 0 aliphatic heterocycles. The predicted molar refractivity (Wildman–Crippen MR) is 74.5 cm³/mol. The lowest BCUT2D eigenvalue weighted by molar-refractivity contribution is 0.155. The number of carbonyl (C=O) groups excluding carboxylic acids is 1. The fourth-order valence-corrected chi connectivity index (χ4v) is 1.61. The number of pyridine rings is 1. The van der Waals surface area contributed by atoms with Crippen molar-refractivity contribution in [1.82, 2.24) is 4.98 Å². The highest BCUT2D eigenvalue weighted by Gasteiger charge is 2.06. The zero-order valence-corrected chi connectivity index (χ0v) is 11.3. The molecule has 0 saturated heterocycles. The molecular formula is C13H10Cl2N2O2. The highest BCUT2D eigenvalue weighted by Crippen LogP contribution is 2.21. The van der Waals surface area contributed by atoms with E-state index in [1.54, 1.807) is 6.07 Å². The van der Waals surface area contributed by atoms with Gasteiger partial charge in [-0.3, -0.25) is 5.32 Å². The zero-order valence-electron chi connectivity index (χ0n) is 9.77. The molecule has 0 unspecified atom stereocenters. The molecule has 98 valence electrons. The Morgan fingerprint density at radius 1 is 1.16 bits per heavy atom. The molecule has 0 saturated carbocycles. The van der Waals surface area contributed by atoms with E-state index in [0.717, 1.165) is 5.56 Å². The van der Waals surface area contributed by atoms with Crippen molar-refractivity contribution in [3.63, 3.8) is 0 Å². The van der Waals surface area contributed by atoms with E-state index in [0.29, 0.717) is 5.02 Å². The third-order valence-electron chi connectivity index (χ3n) is 2.25. The van der Waals surface area contributed by atoms with Gasteiger partial charge in [0, 0.05) is 0 Å². The third kappa shape index (κ3) is 4.12. The summed E-state index contributed by atoms with van der Waals surface area (Å²) in [5.41, 5.74) is 0.903. The number of nitrogens with one attached hydrogen (secondary N) is 1. The molecule has 0 aliphatic rings. The minimum Gasteiger partial charge on any atom is -0.444 e. The van der Waals surface area contributed by atoms with Crippen molar-refractivity contribution >= 4 is 35.1 Å². The number of anilines is 1. The van der Waals surface area contributed by atoms with Crippen LogP contribution in [0.3, 0.4) is 0 Å². The van der Waals surface area contributed by atoms with Crippen LogP contribution in [0.5, 0.6) is 0 Å². The molecule has 0 bridgehead atoms. The van der Waals surface area contributed by atoms with Crippen molar-refractivity contribution in [1.29, 1.82) is 0 Å². The van der Waals surface area contributed by atoms with E-state index in [-0.39, 0.29) is 17.6 Å². The third-order valence-corrected chi connectivity index (χ3v) is 2.94. The monoisotopic (exact) mass is 296 g/mol. The van der Waals surface area contributed by atoms with Crippen LogP contribution in [0.25, 0.3) is 0 Å². The van der Waals surface area contributed by atoms with E-state index < -0.39 is 6.09 Å². The van der Waals surface area contributed by atoms with Crippen LogP contribution in [0.1, 0.15) is 5.56 Å². The van der Waals surface area contributed by atoms with Crippen LogP contribution in [0.2, 0.25) is 10.2 Å². The Labute approximate surface area is 120 Å². The van der Waals surface area contributed by atoms with Crippen molar-refractivity contribution in [2.24, 2.45) is 0 Å². The number of nitrogens with zero attached hydrogens (tertiary/aromatic N) is 1. The number of amides is 1. The SMILES string of the molecule is O=C(Nc1ccc(Cl)c(Cl)n1)OCc1ccccc1. The van der Waals surface area contributed by atoms with Crippen LogP contribution in [-0.2, 0) is 11.3 Å².